The average Bonchev–Trinajstić information content (AvgIpc) is 3.24. The Balaban J connectivity index is 0.00000300. The van der Waals surface area contributed by atoms with Crippen LogP contribution < -0.4 is 5.73 Å². The van der Waals surface area contributed by atoms with Crippen LogP contribution in [0.5, 0.6) is 0 Å². The molecule has 0 fully saturated rings. The van der Waals surface area contributed by atoms with Gasteiger partial charge in [0.1, 0.15) is 6.04 Å². The molecule has 0 spiro atoms. The van der Waals surface area contributed by atoms with Crippen molar-refractivity contribution in [1.82, 2.24) is 9.80 Å². The summed E-state index contributed by atoms with van der Waals surface area (Å²) in [6.45, 7) is 5.12. The Hall–Kier alpha value is -2.31. The van der Waals surface area contributed by atoms with Gasteiger partial charge in [-0.1, -0.05) is 38.1 Å². The zero-order valence-corrected chi connectivity index (χ0v) is 18.0. The Labute approximate surface area is 178 Å². The summed E-state index contributed by atoms with van der Waals surface area (Å²) < 4.78 is 5.30. The molecule has 2 unspecified atom stereocenters. The van der Waals surface area contributed by atoms with Crippen molar-refractivity contribution < 1.29 is 14.0 Å². The fourth-order valence-electron chi connectivity index (χ4n) is 3.54. The molecule has 2 heterocycles. The average molecular weight is 420 g/mol. The van der Waals surface area contributed by atoms with E-state index < -0.39 is 6.04 Å². The van der Waals surface area contributed by atoms with Gasteiger partial charge in [0, 0.05) is 32.6 Å². The Morgan fingerprint density at radius 2 is 1.90 bits per heavy atom. The lowest BCUT2D eigenvalue weighted by atomic mass is 9.92. The smallest absolute Gasteiger partial charge is 0.290 e. The number of hydrogen-bond acceptors (Lipinski definition) is 4. The number of carbonyl (C=O) groups excluding carboxylic acids is 2. The summed E-state index contributed by atoms with van der Waals surface area (Å²) in [7, 11) is 1.78. The predicted molar refractivity (Wildman–Crippen MR) is 115 cm³/mol. The predicted octanol–water partition coefficient (Wildman–Crippen LogP) is 3.10. The molecule has 0 aliphatic carbocycles. The third-order valence-corrected chi connectivity index (χ3v) is 5.56. The molecule has 0 saturated carbocycles. The minimum absolute atomic E-state index is 0. The molecule has 6 nitrogen and oxygen atoms in total. The number of benzene rings is 1. The van der Waals surface area contributed by atoms with Crippen molar-refractivity contribution in [1.29, 1.82) is 0 Å². The largest absolute Gasteiger partial charge is 0.459 e. The monoisotopic (exact) mass is 419 g/mol. The molecule has 29 heavy (non-hydrogen) atoms. The lowest BCUT2D eigenvalue weighted by Gasteiger charge is -2.37. The Kier molecular flexibility index (Phi) is 7.88. The molecule has 0 bridgehead atoms. The molecule has 2 atom stereocenters. The van der Waals surface area contributed by atoms with Gasteiger partial charge in [0.25, 0.3) is 5.91 Å². The fourth-order valence-corrected chi connectivity index (χ4v) is 3.54. The van der Waals surface area contributed by atoms with Crippen molar-refractivity contribution in [2.75, 3.05) is 13.6 Å². The summed E-state index contributed by atoms with van der Waals surface area (Å²) in [5.74, 6) is 0.291. The first-order chi connectivity index (χ1) is 13.4. The van der Waals surface area contributed by atoms with Gasteiger partial charge in [-0.15, -0.1) is 12.4 Å². The van der Waals surface area contributed by atoms with E-state index in [1.54, 1.807) is 29.0 Å². The van der Waals surface area contributed by atoms with Gasteiger partial charge in [-0.3, -0.25) is 9.59 Å². The quantitative estimate of drug-likeness (QED) is 0.780. The number of hydrogen-bond donors (Lipinski definition) is 1. The van der Waals surface area contributed by atoms with E-state index in [2.05, 4.69) is 13.8 Å². The van der Waals surface area contributed by atoms with Gasteiger partial charge in [0.2, 0.25) is 5.91 Å². The number of furan rings is 1. The van der Waals surface area contributed by atoms with Crippen LogP contribution in [0.3, 0.4) is 0 Å². The second-order valence-electron chi connectivity index (χ2n) is 7.86. The molecule has 0 saturated heterocycles. The Bertz CT molecular complexity index is 822. The van der Waals surface area contributed by atoms with Crippen molar-refractivity contribution in [3.8, 4) is 0 Å². The maximum atomic E-state index is 13.2. The molecular weight excluding hydrogens is 390 g/mol. The fraction of sp³-hybridized carbons (Fsp3) is 0.455. The van der Waals surface area contributed by atoms with Gasteiger partial charge in [0.15, 0.2) is 5.76 Å². The van der Waals surface area contributed by atoms with E-state index in [0.29, 0.717) is 25.4 Å². The van der Waals surface area contributed by atoms with Crippen molar-refractivity contribution in [3.63, 3.8) is 0 Å². The van der Waals surface area contributed by atoms with E-state index in [4.69, 9.17) is 10.2 Å². The molecular formula is C22H30ClN3O3. The molecule has 1 aliphatic rings. The topological polar surface area (TPSA) is 79.8 Å². The molecule has 158 valence electrons. The summed E-state index contributed by atoms with van der Waals surface area (Å²) in [4.78, 5) is 29.6. The van der Waals surface area contributed by atoms with Gasteiger partial charge >= 0.3 is 0 Å². The molecule has 2 aromatic rings. The zero-order valence-electron chi connectivity index (χ0n) is 17.2. The minimum atomic E-state index is -0.548. The van der Waals surface area contributed by atoms with Gasteiger partial charge in [0.05, 0.1) is 6.26 Å². The number of nitrogens with two attached hydrogens (primary N) is 1. The summed E-state index contributed by atoms with van der Waals surface area (Å²) >= 11 is 0. The van der Waals surface area contributed by atoms with Crippen LogP contribution in [0.2, 0.25) is 0 Å². The second-order valence-corrected chi connectivity index (χ2v) is 7.86. The van der Waals surface area contributed by atoms with E-state index in [1.807, 2.05) is 24.3 Å². The third-order valence-electron chi connectivity index (χ3n) is 5.56. The SMILES string of the molecule is CC(C)C(N)CCN(C)C(=O)C1Cc2ccccc2CN1C(=O)c1ccco1.Cl. The van der Waals surface area contributed by atoms with Crippen molar-refractivity contribution >= 4 is 24.2 Å². The number of fused-ring (bicyclic) bond motifs is 1. The van der Waals surface area contributed by atoms with E-state index in [1.165, 1.54) is 6.26 Å². The molecule has 1 aliphatic heterocycles. The number of carbonyl (C=O) groups is 2. The van der Waals surface area contributed by atoms with Crippen molar-refractivity contribution in [2.45, 2.75) is 45.3 Å². The van der Waals surface area contributed by atoms with Crippen LogP contribution in [0.25, 0.3) is 0 Å². The van der Waals surface area contributed by atoms with Crippen LogP contribution in [0.15, 0.2) is 47.1 Å². The van der Waals surface area contributed by atoms with Crippen LogP contribution in [-0.2, 0) is 17.8 Å². The lowest BCUT2D eigenvalue weighted by molar-refractivity contribution is -0.135. The highest BCUT2D eigenvalue weighted by atomic mass is 35.5. The van der Waals surface area contributed by atoms with Gasteiger partial charge < -0.3 is 20.0 Å². The maximum absolute atomic E-state index is 13.2. The molecule has 0 radical (unpaired) electrons. The molecule has 2 amide bonds. The summed E-state index contributed by atoms with van der Waals surface area (Å²) in [5.41, 5.74) is 8.31. The van der Waals surface area contributed by atoms with E-state index in [0.717, 1.165) is 17.5 Å². The summed E-state index contributed by atoms with van der Waals surface area (Å²) in [6, 6.07) is 10.8. The Morgan fingerprint density at radius 1 is 1.21 bits per heavy atom. The van der Waals surface area contributed by atoms with Crippen molar-refractivity contribution in [2.24, 2.45) is 11.7 Å². The molecule has 1 aromatic carbocycles. The molecule has 7 heteroatoms. The van der Waals surface area contributed by atoms with Crippen LogP contribution in [0.4, 0.5) is 0 Å². The van der Waals surface area contributed by atoms with Gasteiger partial charge in [-0.05, 0) is 35.6 Å². The number of nitrogens with zero attached hydrogens (tertiary/aromatic N) is 2. The van der Waals surface area contributed by atoms with Crippen LogP contribution in [0.1, 0.15) is 41.9 Å². The Morgan fingerprint density at radius 3 is 2.52 bits per heavy atom. The second kappa shape index (κ2) is 9.94. The lowest BCUT2D eigenvalue weighted by Crippen LogP contribution is -2.53. The highest BCUT2D eigenvalue weighted by Crippen LogP contribution is 2.26. The zero-order chi connectivity index (χ0) is 20.3. The third kappa shape index (κ3) is 5.19. The molecule has 3 rings (SSSR count). The van der Waals surface area contributed by atoms with Crippen LogP contribution in [0, 0.1) is 5.92 Å². The first-order valence-electron chi connectivity index (χ1n) is 9.80. The van der Waals surface area contributed by atoms with E-state index >= 15 is 0 Å². The normalized spacial score (nSPS) is 16.7. The summed E-state index contributed by atoms with van der Waals surface area (Å²) in [5, 5.41) is 0. The van der Waals surface area contributed by atoms with Crippen LogP contribution in [-0.4, -0.2) is 47.3 Å². The maximum Gasteiger partial charge on any atom is 0.290 e. The van der Waals surface area contributed by atoms with Crippen LogP contribution >= 0.6 is 12.4 Å². The number of amides is 2. The van der Waals surface area contributed by atoms with E-state index in [9.17, 15) is 9.59 Å². The first kappa shape index (κ1) is 23.0. The first-order valence-corrected chi connectivity index (χ1v) is 9.80. The number of likely N-dealkylation sites (N-methyl/N-ethyl adjacent to an activating group) is 1. The highest BCUT2D eigenvalue weighted by Gasteiger charge is 2.37. The van der Waals surface area contributed by atoms with Crippen molar-refractivity contribution in [3.05, 3.63) is 59.5 Å². The standard InChI is InChI=1S/C22H29N3O3.ClH/c1-15(2)18(23)10-11-24(3)21(26)19-13-16-7-4-5-8-17(16)14-25(19)22(27)20-9-6-12-28-20;/h4-9,12,15,18-19H,10-11,13-14,23H2,1-3H3;1H. The number of rotatable bonds is 6. The molecule has 2 N–H and O–H groups in total. The highest BCUT2D eigenvalue weighted by molar-refractivity contribution is 5.96. The summed E-state index contributed by atoms with van der Waals surface area (Å²) in [6.07, 6.45) is 2.71. The minimum Gasteiger partial charge on any atom is -0.459 e. The van der Waals surface area contributed by atoms with Gasteiger partial charge in [-0.25, -0.2) is 0 Å². The molecule has 1 aromatic heterocycles. The number of halogens is 1. The van der Waals surface area contributed by atoms with E-state index in [-0.39, 0.29) is 36.0 Å². The van der Waals surface area contributed by atoms with Gasteiger partial charge in [-0.2, -0.15) is 0 Å².